The number of benzene rings is 1. The van der Waals surface area contributed by atoms with Crippen LogP contribution in [0.1, 0.15) is 25.5 Å². The largest absolute Gasteiger partial charge is 0.369 e. The van der Waals surface area contributed by atoms with Gasteiger partial charge in [-0.15, -0.1) is 0 Å². The summed E-state index contributed by atoms with van der Waals surface area (Å²) in [6.45, 7) is 6.41. The topological polar surface area (TPSA) is 29.3 Å². The van der Waals surface area contributed by atoms with E-state index in [0.29, 0.717) is 5.92 Å². The maximum absolute atomic E-state index is 6.08. The van der Waals surface area contributed by atoms with Crippen LogP contribution in [0.3, 0.4) is 0 Å². The Kier molecular flexibility index (Phi) is 2.89. The van der Waals surface area contributed by atoms with E-state index in [1.807, 2.05) is 12.1 Å². The number of hydrogen-bond acceptors (Lipinski definition) is 2. The van der Waals surface area contributed by atoms with Crippen LogP contribution in [0.4, 0.5) is 5.69 Å². The summed E-state index contributed by atoms with van der Waals surface area (Å²) in [5.41, 5.74) is 8.52. The van der Waals surface area contributed by atoms with Crippen LogP contribution < -0.4 is 10.6 Å². The first-order valence-corrected chi connectivity index (χ1v) is 5.75. The molecule has 0 saturated heterocycles. The molecule has 1 aliphatic heterocycles. The Morgan fingerprint density at radius 3 is 2.93 bits per heavy atom. The van der Waals surface area contributed by atoms with E-state index < -0.39 is 0 Å². The molecule has 0 bridgehead atoms. The van der Waals surface area contributed by atoms with Crippen LogP contribution in [0.25, 0.3) is 0 Å². The predicted octanol–water partition coefficient (Wildman–Crippen LogP) is 2.82. The number of halogens is 1. The van der Waals surface area contributed by atoms with Crippen LogP contribution in [0.5, 0.6) is 0 Å². The molecule has 0 radical (unpaired) electrons. The van der Waals surface area contributed by atoms with Crippen LogP contribution in [-0.4, -0.2) is 13.1 Å². The number of rotatable bonds is 2. The highest BCUT2D eigenvalue weighted by Crippen LogP contribution is 2.35. The van der Waals surface area contributed by atoms with E-state index in [4.69, 9.17) is 17.3 Å². The van der Waals surface area contributed by atoms with Gasteiger partial charge >= 0.3 is 0 Å². The Morgan fingerprint density at radius 2 is 2.27 bits per heavy atom. The first-order valence-electron chi connectivity index (χ1n) is 5.38. The maximum atomic E-state index is 6.08. The maximum Gasteiger partial charge on any atom is 0.0494 e. The zero-order valence-electron chi connectivity index (χ0n) is 9.20. The summed E-state index contributed by atoms with van der Waals surface area (Å²) in [5, 5.41) is 0.774. The van der Waals surface area contributed by atoms with Crippen molar-refractivity contribution in [2.45, 2.75) is 19.9 Å². The average Bonchev–Trinajstić information content (AvgIpc) is 2.42. The fourth-order valence-electron chi connectivity index (χ4n) is 2.16. The standard InChI is InChI=1S/C12H17ClN2/c1-8(2)6-15-7-11(14)10-5-9(13)3-4-12(10)15/h3-5,8,11H,6-7,14H2,1-2H3/t11-/m1/s1. The second-order valence-corrected chi connectivity index (χ2v) is 5.04. The summed E-state index contributed by atoms with van der Waals surface area (Å²) in [7, 11) is 0. The van der Waals surface area contributed by atoms with Gasteiger partial charge in [-0.3, -0.25) is 0 Å². The summed E-state index contributed by atoms with van der Waals surface area (Å²) in [6, 6.07) is 6.11. The lowest BCUT2D eigenvalue weighted by Crippen LogP contribution is -2.28. The molecule has 0 amide bonds. The summed E-state index contributed by atoms with van der Waals surface area (Å²) in [6.07, 6.45) is 0. The minimum atomic E-state index is 0.109. The van der Waals surface area contributed by atoms with Gasteiger partial charge in [-0.1, -0.05) is 25.4 Å². The zero-order valence-corrected chi connectivity index (χ0v) is 9.96. The monoisotopic (exact) mass is 224 g/mol. The van der Waals surface area contributed by atoms with E-state index in [1.54, 1.807) is 0 Å². The van der Waals surface area contributed by atoms with E-state index in [2.05, 4.69) is 24.8 Å². The van der Waals surface area contributed by atoms with Crippen LogP contribution in [0.15, 0.2) is 18.2 Å². The normalized spacial score (nSPS) is 19.8. The zero-order chi connectivity index (χ0) is 11.0. The Labute approximate surface area is 96.0 Å². The molecule has 2 rings (SSSR count). The molecule has 2 nitrogen and oxygen atoms in total. The smallest absolute Gasteiger partial charge is 0.0494 e. The molecule has 1 aliphatic rings. The highest BCUT2D eigenvalue weighted by atomic mass is 35.5. The van der Waals surface area contributed by atoms with Gasteiger partial charge in [-0.05, 0) is 29.7 Å². The van der Waals surface area contributed by atoms with E-state index in [0.717, 1.165) is 18.1 Å². The minimum Gasteiger partial charge on any atom is -0.369 e. The molecule has 0 saturated carbocycles. The summed E-state index contributed by atoms with van der Waals surface area (Å²) < 4.78 is 0. The highest BCUT2D eigenvalue weighted by Gasteiger charge is 2.26. The predicted molar refractivity (Wildman–Crippen MR) is 65.4 cm³/mol. The van der Waals surface area contributed by atoms with Crippen molar-refractivity contribution >= 4 is 17.3 Å². The molecule has 1 aromatic rings. The molecule has 0 aliphatic carbocycles. The molecule has 82 valence electrons. The molecule has 0 spiro atoms. The molecule has 0 aromatic heterocycles. The Balaban J connectivity index is 2.30. The second-order valence-electron chi connectivity index (χ2n) is 4.61. The second kappa shape index (κ2) is 4.03. The van der Waals surface area contributed by atoms with Gasteiger partial charge in [0.15, 0.2) is 0 Å². The molecule has 0 fully saturated rings. The van der Waals surface area contributed by atoms with Gasteiger partial charge in [0, 0.05) is 29.8 Å². The molecular formula is C12H17ClN2. The summed E-state index contributed by atoms with van der Waals surface area (Å²) in [4.78, 5) is 2.35. The number of hydrogen-bond donors (Lipinski definition) is 1. The minimum absolute atomic E-state index is 0.109. The third kappa shape index (κ3) is 2.11. The van der Waals surface area contributed by atoms with Gasteiger partial charge in [0.25, 0.3) is 0 Å². The highest BCUT2D eigenvalue weighted by molar-refractivity contribution is 6.30. The first kappa shape index (κ1) is 10.8. The average molecular weight is 225 g/mol. The summed E-state index contributed by atoms with van der Waals surface area (Å²) >= 11 is 5.97. The van der Waals surface area contributed by atoms with Crippen molar-refractivity contribution in [1.29, 1.82) is 0 Å². The van der Waals surface area contributed by atoms with E-state index in [9.17, 15) is 0 Å². The van der Waals surface area contributed by atoms with Crippen LogP contribution in [0, 0.1) is 5.92 Å². The van der Waals surface area contributed by atoms with Crippen molar-refractivity contribution in [1.82, 2.24) is 0 Å². The summed E-state index contributed by atoms with van der Waals surface area (Å²) in [5.74, 6) is 0.652. The lowest BCUT2D eigenvalue weighted by Gasteiger charge is -2.21. The number of nitrogens with zero attached hydrogens (tertiary/aromatic N) is 1. The van der Waals surface area contributed by atoms with E-state index in [-0.39, 0.29) is 6.04 Å². The molecular weight excluding hydrogens is 208 g/mol. The van der Waals surface area contributed by atoms with Crippen LogP contribution in [-0.2, 0) is 0 Å². The molecule has 0 unspecified atom stereocenters. The van der Waals surface area contributed by atoms with Gasteiger partial charge in [-0.25, -0.2) is 0 Å². The SMILES string of the molecule is CC(C)CN1C[C@@H](N)c2cc(Cl)ccc21. The number of anilines is 1. The molecule has 1 heterocycles. The van der Waals surface area contributed by atoms with Crippen LogP contribution in [0.2, 0.25) is 5.02 Å². The van der Waals surface area contributed by atoms with Gasteiger partial charge in [-0.2, -0.15) is 0 Å². The number of fused-ring (bicyclic) bond motifs is 1. The molecule has 15 heavy (non-hydrogen) atoms. The molecule has 1 atom stereocenters. The van der Waals surface area contributed by atoms with Crippen molar-refractivity contribution in [3.8, 4) is 0 Å². The van der Waals surface area contributed by atoms with Crippen molar-refractivity contribution < 1.29 is 0 Å². The molecule has 2 N–H and O–H groups in total. The fourth-order valence-corrected chi connectivity index (χ4v) is 2.34. The van der Waals surface area contributed by atoms with Gasteiger partial charge in [0.1, 0.15) is 0 Å². The van der Waals surface area contributed by atoms with E-state index >= 15 is 0 Å². The first-order chi connectivity index (χ1) is 7.08. The van der Waals surface area contributed by atoms with Crippen molar-refractivity contribution in [3.05, 3.63) is 28.8 Å². The van der Waals surface area contributed by atoms with Gasteiger partial charge in [0.05, 0.1) is 0 Å². The molecule has 3 heteroatoms. The third-order valence-corrected chi connectivity index (χ3v) is 2.97. The molecule has 1 aromatic carbocycles. The number of nitrogens with two attached hydrogens (primary N) is 1. The van der Waals surface area contributed by atoms with Crippen molar-refractivity contribution in [2.24, 2.45) is 11.7 Å². The van der Waals surface area contributed by atoms with Crippen molar-refractivity contribution in [2.75, 3.05) is 18.0 Å². The van der Waals surface area contributed by atoms with Crippen molar-refractivity contribution in [3.63, 3.8) is 0 Å². The van der Waals surface area contributed by atoms with E-state index in [1.165, 1.54) is 11.3 Å². The van der Waals surface area contributed by atoms with Gasteiger partial charge in [0.2, 0.25) is 0 Å². The lowest BCUT2D eigenvalue weighted by molar-refractivity contribution is 0.603. The van der Waals surface area contributed by atoms with Gasteiger partial charge < -0.3 is 10.6 Å². The Hall–Kier alpha value is -0.730. The Bertz CT molecular complexity index is 363. The Morgan fingerprint density at radius 1 is 1.53 bits per heavy atom. The van der Waals surface area contributed by atoms with Crippen LogP contribution >= 0.6 is 11.6 Å². The lowest BCUT2D eigenvalue weighted by atomic mass is 10.1. The quantitative estimate of drug-likeness (QED) is 0.837. The fraction of sp³-hybridized carbons (Fsp3) is 0.500. The third-order valence-electron chi connectivity index (χ3n) is 2.73.